The van der Waals surface area contributed by atoms with E-state index in [0.717, 1.165) is 10.2 Å². The molecule has 0 bridgehead atoms. The standard InChI is InChI=1S/C17H18N4O4S/c1-3-24-9-8-21-13-5-4-12(19-11(2)22)10-15(13)26-17(21)20-16(23)14-6-7-18-25-14/h4-7,10H,3,8-9H2,1-2H3,(H,19,22). The van der Waals surface area contributed by atoms with Gasteiger partial charge in [-0.05, 0) is 25.1 Å². The van der Waals surface area contributed by atoms with Crippen LogP contribution in [0.25, 0.3) is 10.2 Å². The summed E-state index contributed by atoms with van der Waals surface area (Å²) < 4.78 is 13.1. The molecular weight excluding hydrogens is 356 g/mol. The van der Waals surface area contributed by atoms with E-state index in [4.69, 9.17) is 9.26 Å². The molecule has 0 radical (unpaired) electrons. The molecule has 9 heteroatoms. The number of carbonyl (C=O) groups excluding carboxylic acids is 2. The fourth-order valence-corrected chi connectivity index (χ4v) is 3.52. The van der Waals surface area contributed by atoms with Gasteiger partial charge in [0.1, 0.15) is 0 Å². The minimum atomic E-state index is -0.499. The summed E-state index contributed by atoms with van der Waals surface area (Å²) in [5.74, 6) is -0.561. The van der Waals surface area contributed by atoms with Crippen LogP contribution in [0.15, 0.2) is 40.0 Å². The van der Waals surface area contributed by atoms with Crippen LogP contribution in [0.2, 0.25) is 0 Å². The molecule has 136 valence electrons. The van der Waals surface area contributed by atoms with Gasteiger partial charge in [0.25, 0.3) is 0 Å². The highest BCUT2D eigenvalue weighted by atomic mass is 32.1. The molecule has 0 aliphatic heterocycles. The number of anilines is 1. The van der Waals surface area contributed by atoms with Crippen LogP contribution in [0, 0.1) is 0 Å². The smallest absolute Gasteiger partial charge is 0.318 e. The molecule has 0 aliphatic rings. The maximum absolute atomic E-state index is 12.3. The van der Waals surface area contributed by atoms with Crippen LogP contribution in [0.1, 0.15) is 24.4 Å². The lowest BCUT2D eigenvalue weighted by atomic mass is 10.3. The predicted octanol–water partition coefficient (Wildman–Crippen LogP) is 2.43. The topological polar surface area (TPSA) is 98.7 Å². The van der Waals surface area contributed by atoms with Crippen molar-refractivity contribution < 1.29 is 18.8 Å². The number of aromatic nitrogens is 2. The number of rotatable bonds is 6. The average molecular weight is 374 g/mol. The number of ether oxygens (including phenoxy) is 1. The summed E-state index contributed by atoms with van der Waals surface area (Å²) in [5, 5.41) is 6.28. The second kappa shape index (κ2) is 8.07. The monoisotopic (exact) mass is 374 g/mol. The number of amides is 2. The Balaban J connectivity index is 2.05. The fourth-order valence-electron chi connectivity index (χ4n) is 2.42. The first kappa shape index (κ1) is 18.0. The minimum absolute atomic E-state index is 0.0812. The molecule has 0 aliphatic carbocycles. The maximum atomic E-state index is 12.3. The molecular formula is C17H18N4O4S. The van der Waals surface area contributed by atoms with Gasteiger partial charge in [-0.25, -0.2) is 0 Å². The number of nitrogens with one attached hydrogen (secondary N) is 1. The summed E-state index contributed by atoms with van der Waals surface area (Å²) in [6.45, 7) is 5.04. The van der Waals surface area contributed by atoms with Crippen LogP contribution in [-0.4, -0.2) is 34.8 Å². The van der Waals surface area contributed by atoms with Crippen LogP contribution in [-0.2, 0) is 16.1 Å². The van der Waals surface area contributed by atoms with Crippen molar-refractivity contribution in [3.05, 3.63) is 41.0 Å². The summed E-state index contributed by atoms with van der Waals surface area (Å²) in [5.41, 5.74) is 1.60. The molecule has 2 heterocycles. The molecule has 0 spiro atoms. The van der Waals surface area contributed by atoms with Gasteiger partial charge in [0.15, 0.2) is 4.80 Å². The van der Waals surface area contributed by atoms with Crippen LogP contribution in [0.5, 0.6) is 0 Å². The van der Waals surface area contributed by atoms with E-state index in [1.54, 1.807) is 0 Å². The Hall–Kier alpha value is -2.78. The first-order valence-electron chi connectivity index (χ1n) is 8.07. The molecule has 1 aromatic carbocycles. The Kier molecular flexibility index (Phi) is 5.59. The zero-order valence-electron chi connectivity index (χ0n) is 14.4. The summed E-state index contributed by atoms with van der Waals surface area (Å²) in [4.78, 5) is 28.2. The van der Waals surface area contributed by atoms with Crippen LogP contribution in [0.3, 0.4) is 0 Å². The number of carbonyl (C=O) groups is 2. The molecule has 2 amide bonds. The van der Waals surface area contributed by atoms with Gasteiger partial charge in [0, 0.05) is 31.8 Å². The Morgan fingerprint density at radius 2 is 2.23 bits per heavy atom. The Morgan fingerprint density at radius 1 is 1.38 bits per heavy atom. The quantitative estimate of drug-likeness (QED) is 0.668. The van der Waals surface area contributed by atoms with Gasteiger partial charge in [-0.2, -0.15) is 4.99 Å². The van der Waals surface area contributed by atoms with E-state index < -0.39 is 5.91 Å². The predicted molar refractivity (Wildman–Crippen MR) is 97.0 cm³/mol. The van der Waals surface area contributed by atoms with E-state index >= 15 is 0 Å². The second-order valence-electron chi connectivity index (χ2n) is 5.39. The molecule has 2 aromatic heterocycles. The third-order valence-corrected chi connectivity index (χ3v) is 4.55. The van der Waals surface area contributed by atoms with Crippen molar-refractivity contribution in [3.8, 4) is 0 Å². The van der Waals surface area contributed by atoms with Crippen molar-refractivity contribution in [2.75, 3.05) is 18.5 Å². The largest absolute Gasteiger partial charge is 0.380 e. The number of thiazole rings is 1. The molecule has 26 heavy (non-hydrogen) atoms. The summed E-state index contributed by atoms with van der Waals surface area (Å²) in [6, 6.07) is 7.03. The van der Waals surface area contributed by atoms with Gasteiger partial charge in [-0.3, -0.25) is 9.59 Å². The van der Waals surface area contributed by atoms with E-state index in [-0.39, 0.29) is 11.7 Å². The van der Waals surface area contributed by atoms with Crippen LogP contribution >= 0.6 is 11.3 Å². The number of benzene rings is 1. The third-order valence-electron chi connectivity index (χ3n) is 3.51. The lowest BCUT2D eigenvalue weighted by Crippen LogP contribution is -2.19. The summed E-state index contributed by atoms with van der Waals surface area (Å²) in [6.07, 6.45) is 1.40. The first-order valence-corrected chi connectivity index (χ1v) is 8.88. The summed E-state index contributed by atoms with van der Waals surface area (Å²) in [7, 11) is 0. The third kappa shape index (κ3) is 4.06. The fraction of sp³-hybridized carbons (Fsp3) is 0.294. The second-order valence-corrected chi connectivity index (χ2v) is 6.40. The molecule has 0 fully saturated rings. The van der Waals surface area contributed by atoms with E-state index in [1.807, 2.05) is 29.7 Å². The normalized spacial score (nSPS) is 11.8. The lowest BCUT2D eigenvalue weighted by molar-refractivity contribution is -0.114. The van der Waals surface area contributed by atoms with Crippen molar-refractivity contribution >= 4 is 39.1 Å². The van der Waals surface area contributed by atoms with Crippen LogP contribution < -0.4 is 10.1 Å². The molecule has 3 rings (SSSR count). The minimum Gasteiger partial charge on any atom is -0.380 e. The Bertz CT molecular complexity index is 988. The van der Waals surface area contributed by atoms with Crippen molar-refractivity contribution in [2.45, 2.75) is 20.4 Å². The molecule has 1 N–H and O–H groups in total. The van der Waals surface area contributed by atoms with Crippen LogP contribution in [0.4, 0.5) is 5.69 Å². The first-order chi connectivity index (χ1) is 12.6. The molecule has 0 saturated carbocycles. The van der Waals surface area contributed by atoms with E-state index in [1.165, 1.54) is 30.5 Å². The van der Waals surface area contributed by atoms with Crippen molar-refractivity contribution in [3.63, 3.8) is 0 Å². The van der Waals surface area contributed by atoms with Gasteiger partial charge in [-0.15, -0.1) is 0 Å². The summed E-state index contributed by atoms with van der Waals surface area (Å²) >= 11 is 1.36. The number of fused-ring (bicyclic) bond motifs is 1. The van der Waals surface area contributed by atoms with Crippen molar-refractivity contribution in [1.82, 2.24) is 9.72 Å². The highest BCUT2D eigenvalue weighted by Gasteiger charge is 2.12. The Labute approximate surface area is 153 Å². The Morgan fingerprint density at radius 3 is 2.92 bits per heavy atom. The highest BCUT2D eigenvalue weighted by molar-refractivity contribution is 7.16. The molecule has 3 aromatic rings. The SMILES string of the molecule is CCOCCn1c(=NC(=O)c2ccno2)sc2cc(NC(C)=O)ccc21. The van der Waals surface area contributed by atoms with Gasteiger partial charge in [0.2, 0.25) is 11.7 Å². The van der Waals surface area contributed by atoms with E-state index in [9.17, 15) is 9.59 Å². The zero-order chi connectivity index (χ0) is 18.5. The molecule has 0 saturated heterocycles. The van der Waals surface area contributed by atoms with Crippen molar-refractivity contribution in [1.29, 1.82) is 0 Å². The van der Waals surface area contributed by atoms with Gasteiger partial charge in [-0.1, -0.05) is 16.5 Å². The zero-order valence-corrected chi connectivity index (χ0v) is 15.2. The van der Waals surface area contributed by atoms with Gasteiger partial charge in [0.05, 0.1) is 23.0 Å². The number of nitrogens with zero attached hydrogens (tertiary/aromatic N) is 3. The average Bonchev–Trinajstić information content (AvgIpc) is 3.23. The highest BCUT2D eigenvalue weighted by Crippen LogP contribution is 2.22. The number of hydrogen-bond acceptors (Lipinski definition) is 6. The number of hydrogen-bond donors (Lipinski definition) is 1. The van der Waals surface area contributed by atoms with E-state index in [0.29, 0.717) is 30.2 Å². The van der Waals surface area contributed by atoms with Gasteiger partial charge < -0.3 is 19.1 Å². The van der Waals surface area contributed by atoms with E-state index in [2.05, 4.69) is 15.5 Å². The maximum Gasteiger partial charge on any atom is 0.318 e. The molecule has 0 unspecified atom stereocenters. The van der Waals surface area contributed by atoms with Crippen molar-refractivity contribution in [2.24, 2.45) is 4.99 Å². The molecule has 0 atom stereocenters. The van der Waals surface area contributed by atoms with Gasteiger partial charge >= 0.3 is 5.91 Å². The lowest BCUT2D eigenvalue weighted by Gasteiger charge is -2.06. The molecule has 8 nitrogen and oxygen atoms in total.